The van der Waals surface area contributed by atoms with Crippen molar-refractivity contribution in [3.63, 3.8) is 0 Å². The summed E-state index contributed by atoms with van der Waals surface area (Å²) in [6.07, 6.45) is 1.40. The largest absolute Gasteiger partial charge is 0.304 e. The average Bonchev–Trinajstić information content (AvgIpc) is 2.20. The van der Waals surface area contributed by atoms with Crippen molar-refractivity contribution < 1.29 is 9.18 Å². The van der Waals surface area contributed by atoms with E-state index in [-0.39, 0.29) is 24.0 Å². The summed E-state index contributed by atoms with van der Waals surface area (Å²) in [6.45, 7) is 0.782. The second-order valence-corrected chi connectivity index (χ2v) is 3.48. The zero-order valence-corrected chi connectivity index (χ0v) is 9.02. The highest BCUT2D eigenvalue weighted by molar-refractivity contribution is 5.86. The van der Waals surface area contributed by atoms with Crippen LogP contribution in [-0.4, -0.2) is 12.3 Å². The van der Waals surface area contributed by atoms with E-state index in [1.165, 1.54) is 6.07 Å². The SMILES string of the molecule is Cl.O=C1CCCNC1c1ccccc1F. The Bertz CT molecular complexity index is 356. The molecule has 2 rings (SSSR count). The lowest BCUT2D eigenvalue weighted by molar-refractivity contribution is -0.122. The standard InChI is InChI=1S/C11H12FNO.ClH/c12-9-5-2-1-4-8(9)11-10(14)6-3-7-13-11;/h1-2,4-5,11,13H,3,6-7H2;1H. The molecule has 1 atom stereocenters. The van der Waals surface area contributed by atoms with Crippen LogP contribution in [0, 0.1) is 5.82 Å². The van der Waals surface area contributed by atoms with E-state index < -0.39 is 6.04 Å². The van der Waals surface area contributed by atoms with E-state index in [9.17, 15) is 9.18 Å². The van der Waals surface area contributed by atoms with Crippen LogP contribution in [0.2, 0.25) is 0 Å². The topological polar surface area (TPSA) is 29.1 Å². The highest BCUT2D eigenvalue weighted by Crippen LogP contribution is 2.21. The summed E-state index contributed by atoms with van der Waals surface area (Å²) in [5.41, 5.74) is 0.470. The zero-order valence-electron chi connectivity index (χ0n) is 8.20. The third-order valence-corrected chi connectivity index (χ3v) is 2.49. The van der Waals surface area contributed by atoms with Crippen LogP contribution < -0.4 is 5.32 Å². The van der Waals surface area contributed by atoms with Gasteiger partial charge in [0.25, 0.3) is 0 Å². The Hall–Kier alpha value is -0.930. The van der Waals surface area contributed by atoms with Crippen LogP contribution >= 0.6 is 12.4 Å². The lowest BCUT2D eigenvalue weighted by Gasteiger charge is -2.22. The predicted molar refractivity (Wildman–Crippen MR) is 58.6 cm³/mol. The number of ketones is 1. The summed E-state index contributed by atoms with van der Waals surface area (Å²) in [5.74, 6) is -0.221. The van der Waals surface area contributed by atoms with E-state index in [0.717, 1.165) is 13.0 Å². The normalized spacial score (nSPS) is 20.9. The Morgan fingerprint density at radius 3 is 2.73 bits per heavy atom. The van der Waals surface area contributed by atoms with Crippen LogP contribution in [0.3, 0.4) is 0 Å². The summed E-state index contributed by atoms with van der Waals surface area (Å²) < 4.78 is 13.4. The first-order valence-electron chi connectivity index (χ1n) is 4.79. The number of carbonyl (C=O) groups excluding carboxylic acids is 1. The van der Waals surface area contributed by atoms with Crippen molar-refractivity contribution in [2.45, 2.75) is 18.9 Å². The monoisotopic (exact) mass is 229 g/mol. The lowest BCUT2D eigenvalue weighted by Crippen LogP contribution is -2.34. The number of piperidine rings is 1. The van der Waals surface area contributed by atoms with E-state index >= 15 is 0 Å². The van der Waals surface area contributed by atoms with Gasteiger partial charge in [-0.15, -0.1) is 12.4 Å². The molecule has 1 N–H and O–H groups in total. The number of halogens is 2. The third-order valence-electron chi connectivity index (χ3n) is 2.49. The molecule has 0 spiro atoms. The molecule has 4 heteroatoms. The second kappa shape index (κ2) is 5.24. The van der Waals surface area contributed by atoms with E-state index in [2.05, 4.69) is 5.32 Å². The van der Waals surface area contributed by atoms with Crippen LogP contribution in [0.15, 0.2) is 24.3 Å². The molecule has 0 radical (unpaired) electrons. The molecule has 1 aromatic rings. The maximum absolute atomic E-state index is 13.4. The number of carbonyl (C=O) groups is 1. The van der Waals surface area contributed by atoms with Gasteiger partial charge in [0.05, 0.1) is 6.04 Å². The fourth-order valence-corrected chi connectivity index (χ4v) is 1.76. The van der Waals surface area contributed by atoms with Gasteiger partial charge in [0, 0.05) is 12.0 Å². The molecule has 0 saturated carbocycles. The van der Waals surface area contributed by atoms with Crippen molar-refractivity contribution in [2.75, 3.05) is 6.54 Å². The summed E-state index contributed by atoms with van der Waals surface area (Å²) in [4.78, 5) is 11.5. The summed E-state index contributed by atoms with van der Waals surface area (Å²) in [6, 6.07) is 5.99. The van der Waals surface area contributed by atoms with Gasteiger partial charge in [0.2, 0.25) is 0 Å². The first-order valence-corrected chi connectivity index (χ1v) is 4.79. The number of hydrogen-bond acceptors (Lipinski definition) is 2. The number of rotatable bonds is 1. The fourth-order valence-electron chi connectivity index (χ4n) is 1.76. The molecular weight excluding hydrogens is 217 g/mol. The minimum atomic E-state index is -0.440. The molecule has 0 aromatic heterocycles. The number of benzene rings is 1. The van der Waals surface area contributed by atoms with Gasteiger partial charge in [0.1, 0.15) is 5.82 Å². The van der Waals surface area contributed by atoms with Gasteiger partial charge in [0.15, 0.2) is 5.78 Å². The minimum Gasteiger partial charge on any atom is -0.304 e. The van der Waals surface area contributed by atoms with Gasteiger partial charge in [-0.1, -0.05) is 18.2 Å². The van der Waals surface area contributed by atoms with Gasteiger partial charge in [-0.25, -0.2) is 4.39 Å². The molecule has 0 bridgehead atoms. The van der Waals surface area contributed by atoms with E-state index in [0.29, 0.717) is 12.0 Å². The molecule has 82 valence electrons. The summed E-state index contributed by atoms with van der Waals surface area (Å²) in [5, 5.41) is 3.04. The molecule has 2 nitrogen and oxygen atoms in total. The van der Waals surface area contributed by atoms with Crippen LogP contribution in [-0.2, 0) is 4.79 Å². The van der Waals surface area contributed by atoms with E-state index in [1.54, 1.807) is 18.2 Å². The Balaban J connectivity index is 0.00000112. The van der Waals surface area contributed by atoms with Crippen LogP contribution in [0.1, 0.15) is 24.4 Å². The Morgan fingerprint density at radius 1 is 1.33 bits per heavy atom. The molecule has 15 heavy (non-hydrogen) atoms. The molecule has 0 amide bonds. The smallest absolute Gasteiger partial charge is 0.154 e. The molecule has 1 heterocycles. The quantitative estimate of drug-likeness (QED) is 0.800. The zero-order chi connectivity index (χ0) is 9.97. The predicted octanol–water partition coefficient (Wildman–Crippen LogP) is 2.24. The molecule has 0 aliphatic carbocycles. The fraction of sp³-hybridized carbons (Fsp3) is 0.364. The van der Waals surface area contributed by atoms with Crippen molar-refractivity contribution in [3.8, 4) is 0 Å². The second-order valence-electron chi connectivity index (χ2n) is 3.48. The minimum absolute atomic E-state index is 0. The van der Waals surface area contributed by atoms with Crippen LogP contribution in [0.5, 0.6) is 0 Å². The van der Waals surface area contributed by atoms with Gasteiger partial charge in [-0.05, 0) is 19.0 Å². The van der Waals surface area contributed by atoms with Crippen molar-refractivity contribution in [1.29, 1.82) is 0 Å². The number of nitrogens with one attached hydrogen (secondary N) is 1. The molecule has 1 saturated heterocycles. The van der Waals surface area contributed by atoms with Crippen molar-refractivity contribution in [2.24, 2.45) is 0 Å². The molecule has 1 fully saturated rings. The average molecular weight is 230 g/mol. The Labute approximate surface area is 94.3 Å². The van der Waals surface area contributed by atoms with Crippen LogP contribution in [0.4, 0.5) is 4.39 Å². The Morgan fingerprint density at radius 2 is 2.07 bits per heavy atom. The van der Waals surface area contributed by atoms with Gasteiger partial charge in [-0.3, -0.25) is 4.79 Å². The first kappa shape index (κ1) is 12.1. The highest BCUT2D eigenvalue weighted by Gasteiger charge is 2.25. The number of hydrogen-bond donors (Lipinski definition) is 1. The lowest BCUT2D eigenvalue weighted by atomic mass is 9.96. The maximum atomic E-state index is 13.4. The third kappa shape index (κ3) is 2.55. The van der Waals surface area contributed by atoms with Gasteiger partial charge in [-0.2, -0.15) is 0 Å². The number of Topliss-reactive ketones (excluding diaryl/α,β-unsaturated/α-hetero) is 1. The van der Waals surface area contributed by atoms with Crippen LogP contribution in [0.25, 0.3) is 0 Å². The summed E-state index contributed by atoms with van der Waals surface area (Å²) >= 11 is 0. The molecule has 1 aliphatic heterocycles. The van der Waals surface area contributed by atoms with Gasteiger partial charge >= 0.3 is 0 Å². The summed E-state index contributed by atoms with van der Waals surface area (Å²) in [7, 11) is 0. The van der Waals surface area contributed by atoms with Crippen molar-refractivity contribution in [3.05, 3.63) is 35.6 Å². The van der Waals surface area contributed by atoms with E-state index in [4.69, 9.17) is 0 Å². The van der Waals surface area contributed by atoms with Crippen molar-refractivity contribution in [1.82, 2.24) is 5.32 Å². The van der Waals surface area contributed by atoms with Crippen molar-refractivity contribution >= 4 is 18.2 Å². The molecule has 1 aromatic carbocycles. The molecule has 1 aliphatic rings. The first-order chi connectivity index (χ1) is 6.79. The van der Waals surface area contributed by atoms with E-state index in [1.807, 2.05) is 0 Å². The molecular formula is C11H13ClFNO. The Kier molecular flexibility index (Phi) is 4.24. The maximum Gasteiger partial charge on any atom is 0.154 e. The highest BCUT2D eigenvalue weighted by atomic mass is 35.5. The van der Waals surface area contributed by atoms with Gasteiger partial charge < -0.3 is 5.32 Å². The molecule has 1 unspecified atom stereocenters.